The van der Waals surface area contributed by atoms with Gasteiger partial charge in [-0.15, -0.1) is 0 Å². The van der Waals surface area contributed by atoms with Crippen LogP contribution in [0.15, 0.2) is 54.6 Å². The Morgan fingerprint density at radius 3 is 2.15 bits per heavy atom. The predicted molar refractivity (Wildman–Crippen MR) is 81.3 cm³/mol. The first-order chi connectivity index (χ1) is 9.58. The van der Waals surface area contributed by atoms with Gasteiger partial charge >= 0.3 is 5.97 Å². The van der Waals surface area contributed by atoms with Crippen molar-refractivity contribution in [2.75, 3.05) is 19.0 Å². The molecule has 20 heavy (non-hydrogen) atoms. The van der Waals surface area contributed by atoms with E-state index in [1.807, 2.05) is 73.6 Å². The summed E-state index contributed by atoms with van der Waals surface area (Å²) in [6.45, 7) is 0. The van der Waals surface area contributed by atoms with Crippen LogP contribution in [-0.2, 0) is 11.2 Å². The van der Waals surface area contributed by atoms with E-state index in [2.05, 4.69) is 0 Å². The summed E-state index contributed by atoms with van der Waals surface area (Å²) in [5.74, 6) is -1.28. The van der Waals surface area contributed by atoms with E-state index in [-0.39, 0.29) is 0 Å². The van der Waals surface area contributed by atoms with Crippen LogP contribution in [0.1, 0.15) is 17.0 Å². The molecule has 0 aromatic heterocycles. The van der Waals surface area contributed by atoms with Crippen molar-refractivity contribution in [1.29, 1.82) is 0 Å². The van der Waals surface area contributed by atoms with E-state index in [9.17, 15) is 9.90 Å². The Morgan fingerprint density at radius 1 is 1.05 bits per heavy atom. The maximum absolute atomic E-state index is 11.5. The van der Waals surface area contributed by atoms with E-state index in [4.69, 9.17) is 0 Å². The second-order valence-corrected chi connectivity index (χ2v) is 5.07. The molecule has 0 amide bonds. The summed E-state index contributed by atoms with van der Waals surface area (Å²) in [4.78, 5) is 13.5. The summed E-state index contributed by atoms with van der Waals surface area (Å²) in [7, 11) is 3.97. The van der Waals surface area contributed by atoms with Crippen LogP contribution >= 0.6 is 0 Å². The highest BCUT2D eigenvalue weighted by Gasteiger charge is 2.19. The molecule has 0 aliphatic rings. The lowest BCUT2D eigenvalue weighted by Gasteiger charge is -2.15. The van der Waals surface area contributed by atoms with Crippen LogP contribution in [0.2, 0.25) is 0 Å². The van der Waals surface area contributed by atoms with Gasteiger partial charge in [-0.25, -0.2) is 0 Å². The zero-order valence-corrected chi connectivity index (χ0v) is 11.8. The van der Waals surface area contributed by atoms with Gasteiger partial charge in [0.15, 0.2) is 0 Å². The zero-order chi connectivity index (χ0) is 14.5. The van der Waals surface area contributed by atoms with Crippen molar-refractivity contribution in [3.8, 4) is 0 Å². The summed E-state index contributed by atoms with van der Waals surface area (Å²) in [6.07, 6.45) is 0.507. The van der Waals surface area contributed by atoms with Gasteiger partial charge in [0.25, 0.3) is 0 Å². The van der Waals surface area contributed by atoms with Crippen molar-refractivity contribution in [2.45, 2.75) is 12.3 Å². The van der Waals surface area contributed by atoms with Crippen LogP contribution in [-0.4, -0.2) is 25.2 Å². The lowest BCUT2D eigenvalue weighted by molar-refractivity contribution is -0.138. The Kier molecular flexibility index (Phi) is 4.41. The third-order valence-corrected chi connectivity index (χ3v) is 3.39. The molecular formula is C17H19NO2. The zero-order valence-electron chi connectivity index (χ0n) is 11.8. The summed E-state index contributed by atoms with van der Waals surface area (Å²) >= 11 is 0. The molecule has 0 aliphatic carbocycles. The number of carboxylic acids is 1. The van der Waals surface area contributed by atoms with Crippen molar-refractivity contribution in [3.63, 3.8) is 0 Å². The third-order valence-electron chi connectivity index (χ3n) is 3.39. The Bertz CT molecular complexity index is 561. The molecule has 0 fully saturated rings. The highest BCUT2D eigenvalue weighted by atomic mass is 16.4. The first-order valence-corrected chi connectivity index (χ1v) is 6.62. The minimum absolute atomic E-state index is 0.499. The molecule has 0 bridgehead atoms. The molecule has 3 heteroatoms. The molecule has 2 aromatic carbocycles. The Morgan fingerprint density at radius 2 is 1.65 bits per heavy atom. The van der Waals surface area contributed by atoms with Gasteiger partial charge in [0, 0.05) is 19.8 Å². The van der Waals surface area contributed by atoms with Crippen LogP contribution in [0.25, 0.3) is 0 Å². The molecule has 1 N–H and O–H groups in total. The van der Waals surface area contributed by atoms with Gasteiger partial charge in [-0.2, -0.15) is 0 Å². The van der Waals surface area contributed by atoms with Crippen LogP contribution in [0.5, 0.6) is 0 Å². The summed E-state index contributed by atoms with van der Waals surface area (Å²) < 4.78 is 0. The molecule has 104 valence electrons. The number of rotatable bonds is 5. The van der Waals surface area contributed by atoms with E-state index < -0.39 is 11.9 Å². The second-order valence-electron chi connectivity index (χ2n) is 5.07. The van der Waals surface area contributed by atoms with Crippen LogP contribution in [0, 0.1) is 0 Å². The molecule has 0 radical (unpaired) electrons. The van der Waals surface area contributed by atoms with E-state index in [1.165, 1.54) is 0 Å². The summed E-state index contributed by atoms with van der Waals surface area (Å²) in [5.41, 5.74) is 2.99. The lowest BCUT2D eigenvalue weighted by atomic mass is 9.92. The molecule has 1 unspecified atom stereocenters. The highest BCUT2D eigenvalue weighted by Crippen LogP contribution is 2.22. The number of hydrogen-bond donors (Lipinski definition) is 1. The SMILES string of the molecule is CN(C)c1ccc(CC(C(=O)O)c2ccccc2)cc1. The molecule has 3 nitrogen and oxygen atoms in total. The van der Waals surface area contributed by atoms with E-state index in [0.29, 0.717) is 6.42 Å². The standard InChI is InChI=1S/C17H19NO2/c1-18(2)15-10-8-13(9-11-15)12-16(17(19)20)14-6-4-3-5-7-14/h3-11,16H,12H2,1-2H3,(H,19,20). The molecule has 1 atom stereocenters. The molecule has 2 aromatic rings. The number of nitrogens with zero attached hydrogens (tertiary/aromatic N) is 1. The van der Waals surface area contributed by atoms with Gasteiger partial charge in [0.2, 0.25) is 0 Å². The molecule has 0 spiro atoms. The third kappa shape index (κ3) is 3.38. The van der Waals surface area contributed by atoms with Crippen molar-refractivity contribution < 1.29 is 9.90 Å². The number of anilines is 1. The number of hydrogen-bond acceptors (Lipinski definition) is 2. The number of carbonyl (C=O) groups is 1. The van der Waals surface area contributed by atoms with Crippen molar-refractivity contribution in [1.82, 2.24) is 0 Å². The Balaban J connectivity index is 2.19. The van der Waals surface area contributed by atoms with Gasteiger partial charge in [-0.1, -0.05) is 42.5 Å². The van der Waals surface area contributed by atoms with Crippen LogP contribution in [0.3, 0.4) is 0 Å². The molecule has 0 saturated carbocycles. The Hall–Kier alpha value is -2.29. The van der Waals surface area contributed by atoms with Gasteiger partial charge < -0.3 is 10.0 Å². The van der Waals surface area contributed by atoms with E-state index in [1.54, 1.807) is 0 Å². The monoisotopic (exact) mass is 269 g/mol. The molecule has 2 rings (SSSR count). The maximum atomic E-state index is 11.5. The van der Waals surface area contributed by atoms with Crippen molar-refractivity contribution >= 4 is 11.7 Å². The first kappa shape index (κ1) is 14.1. The fourth-order valence-corrected chi connectivity index (χ4v) is 2.20. The maximum Gasteiger partial charge on any atom is 0.311 e. The highest BCUT2D eigenvalue weighted by molar-refractivity contribution is 5.76. The van der Waals surface area contributed by atoms with Gasteiger partial charge in [-0.05, 0) is 29.7 Å². The average molecular weight is 269 g/mol. The number of carboxylic acid groups (broad SMARTS) is 1. The smallest absolute Gasteiger partial charge is 0.311 e. The molecule has 0 heterocycles. The van der Waals surface area contributed by atoms with Crippen LogP contribution < -0.4 is 4.90 Å². The fraction of sp³-hybridized carbons (Fsp3) is 0.235. The van der Waals surface area contributed by atoms with Gasteiger partial charge in [0.05, 0.1) is 5.92 Å². The quantitative estimate of drug-likeness (QED) is 0.906. The molecule has 0 saturated heterocycles. The number of aliphatic carboxylic acids is 1. The summed E-state index contributed by atoms with van der Waals surface area (Å²) in [5, 5.41) is 9.42. The lowest BCUT2D eigenvalue weighted by Crippen LogP contribution is -2.14. The van der Waals surface area contributed by atoms with E-state index in [0.717, 1.165) is 16.8 Å². The van der Waals surface area contributed by atoms with Gasteiger partial charge in [0.1, 0.15) is 0 Å². The van der Waals surface area contributed by atoms with E-state index >= 15 is 0 Å². The van der Waals surface area contributed by atoms with Crippen molar-refractivity contribution in [3.05, 3.63) is 65.7 Å². The summed E-state index contributed by atoms with van der Waals surface area (Å²) in [6, 6.07) is 17.4. The fourth-order valence-electron chi connectivity index (χ4n) is 2.20. The predicted octanol–water partition coefficient (Wildman–Crippen LogP) is 3.16. The first-order valence-electron chi connectivity index (χ1n) is 6.62. The van der Waals surface area contributed by atoms with Gasteiger partial charge in [-0.3, -0.25) is 4.79 Å². The minimum Gasteiger partial charge on any atom is -0.481 e. The van der Waals surface area contributed by atoms with Crippen LogP contribution in [0.4, 0.5) is 5.69 Å². The normalized spacial score (nSPS) is 11.9. The minimum atomic E-state index is -0.784. The second kappa shape index (κ2) is 6.24. The van der Waals surface area contributed by atoms with Crippen molar-refractivity contribution in [2.24, 2.45) is 0 Å². The molecular weight excluding hydrogens is 250 g/mol. The largest absolute Gasteiger partial charge is 0.481 e. The average Bonchev–Trinajstić information content (AvgIpc) is 2.46. The topological polar surface area (TPSA) is 40.5 Å². The Labute approximate surface area is 119 Å². The number of benzene rings is 2. The molecule has 0 aliphatic heterocycles.